The van der Waals surface area contributed by atoms with Crippen LogP contribution in [0.1, 0.15) is 34.0 Å². The maximum absolute atomic E-state index is 12.2. The molecule has 3 aromatic rings. The molecule has 0 spiro atoms. The number of esters is 1. The van der Waals surface area contributed by atoms with Gasteiger partial charge in [0, 0.05) is 36.8 Å². The third-order valence-corrected chi connectivity index (χ3v) is 4.32. The lowest BCUT2D eigenvalue weighted by Gasteiger charge is -2.12. The Bertz CT molecular complexity index is 1080. The Labute approximate surface area is 175 Å². The van der Waals surface area contributed by atoms with Crippen LogP contribution in [0.2, 0.25) is 0 Å². The van der Waals surface area contributed by atoms with E-state index in [1.54, 1.807) is 31.3 Å². The van der Waals surface area contributed by atoms with Crippen molar-refractivity contribution < 1.29 is 19.0 Å². The summed E-state index contributed by atoms with van der Waals surface area (Å²) in [5, 5.41) is 9.52. The summed E-state index contributed by atoms with van der Waals surface area (Å²) in [6, 6.07) is 17.2. The number of benzene rings is 2. The Kier molecular flexibility index (Phi) is 7.04. The van der Waals surface area contributed by atoms with Crippen molar-refractivity contribution in [3.05, 3.63) is 83.2 Å². The lowest BCUT2D eigenvalue weighted by Crippen LogP contribution is -2.10. The standard InChI is InChI=1S/C24H22N2O4/c1-3-29-24(27)22-12-11-21(13-23(22)30-17-28-2)26-15-19(20(14-25)16-26)10-9-18-7-5-4-6-8-18/h4-13,15-16H,3,17H2,1-2H3. The third-order valence-electron chi connectivity index (χ3n) is 4.32. The monoisotopic (exact) mass is 402 g/mol. The summed E-state index contributed by atoms with van der Waals surface area (Å²) >= 11 is 0. The molecule has 0 saturated heterocycles. The molecule has 6 heteroatoms. The van der Waals surface area contributed by atoms with Crippen LogP contribution in [0.15, 0.2) is 60.9 Å². The quantitative estimate of drug-likeness (QED) is 0.404. The van der Waals surface area contributed by atoms with E-state index in [1.165, 1.54) is 7.11 Å². The Morgan fingerprint density at radius 3 is 2.63 bits per heavy atom. The number of methoxy groups -OCH3 is 1. The van der Waals surface area contributed by atoms with Gasteiger partial charge in [0.05, 0.1) is 12.2 Å². The van der Waals surface area contributed by atoms with E-state index in [-0.39, 0.29) is 13.4 Å². The van der Waals surface area contributed by atoms with Crippen LogP contribution in [-0.4, -0.2) is 31.0 Å². The SMILES string of the molecule is CCOC(=O)c1ccc(-n2cc(C#N)c(C=Cc3ccccc3)c2)cc1OCOC. The molecule has 152 valence electrons. The van der Waals surface area contributed by atoms with E-state index in [2.05, 4.69) is 6.07 Å². The van der Waals surface area contributed by atoms with Gasteiger partial charge in [0.25, 0.3) is 0 Å². The maximum Gasteiger partial charge on any atom is 0.341 e. The number of nitrogens with zero attached hydrogens (tertiary/aromatic N) is 2. The largest absolute Gasteiger partial charge is 0.467 e. The molecule has 2 aromatic carbocycles. The smallest absolute Gasteiger partial charge is 0.341 e. The second-order valence-electron chi connectivity index (χ2n) is 6.34. The van der Waals surface area contributed by atoms with Crippen molar-refractivity contribution in [3.63, 3.8) is 0 Å². The van der Waals surface area contributed by atoms with Crippen LogP contribution in [-0.2, 0) is 9.47 Å². The first-order valence-corrected chi connectivity index (χ1v) is 9.44. The van der Waals surface area contributed by atoms with Crippen LogP contribution in [0.3, 0.4) is 0 Å². The van der Waals surface area contributed by atoms with E-state index in [0.717, 1.165) is 16.8 Å². The first kappa shape index (κ1) is 20.9. The fourth-order valence-corrected chi connectivity index (χ4v) is 2.89. The molecular formula is C24H22N2O4. The Morgan fingerprint density at radius 2 is 1.93 bits per heavy atom. The molecule has 0 aliphatic heterocycles. The lowest BCUT2D eigenvalue weighted by atomic mass is 10.1. The summed E-state index contributed by atoms with van der Waals surface area (Å²) in [4.78, 5) is 12.2. The van der Waals surface area contributed by atoms with Gasteiger partial charge in [-0.3, -0.25) is 0 Å². The molecule has 0 N–H and O–H groups in total. The van der Waals surface area contributed by atoms with Gasteiger partial charge in [-0.1, -0.05) is 42.5 Å². The highest BCUT2D eigenvalue weighted by Crippen LogP contribution is 2.26. The van der Waals surface area contributed by atoms with Crippen molar-refractivity contribution in [1.82, 2.24) is 4.57 Å². The first-order valence-electron chi connectivity index (χ1n) is 9.44. The summed E-state index contributed by atoms with van der Waals surface area (Å²) in [6.45, 7) is 2.01. The fourth-order valence-electron chi connectivity index (χ4n) is 2.89. The number of carbonyl (C=O) groups is 1. The number of nitriles is 1. The zero-order valence-electron chi connectivity index (χ0n) is 16.9. The number of aromatic nitrogens is 1. The average molecular weight is 402 g/mol. The molecule has 0 unspecified atom stereocenters. The molecule has 0 atom stereocenters. The molecule has 1 heterocycles. The molecule has 0 saturated carbocycles. The van der Waals surface area contributed by atoms with Crippen LogP contribution < -0.4 is 4.74 Å². The molecule has 0 aliphatic carbocycles. The fraction of sp³-hybridized carbons (Fsp3) is 0.167. The van der Waals surface area contributed by atoms with Crippen molar-refractivity contribution in [3.8, 4) is 17.5 Å². The van der Waals surface area contributed by atoms with E-state index in [9.17, 15) is 10.1 Å². The number of rotatable bonds is 8. The lowest BCUT2D eigenvalue weighted by molar-refractivity contribution is 0.0438. The summed E-state index contributed by atoms with van der Waals surface area (Å²) in [5.74, 6) is -0.117. The average Bonchev–Trinajstić information content (AvgIpc) is 3.20. The Balaban J connectivity index is 1.95. The zero-order valence-corrected chi connectivity index (χ0v) is 16.9. The van der Waals surface area contributed by atoms with Gasteiger partial charge in [0.2, 0.25) is 0 Å². The molecule has 0 bridgehead atoms. The zero-order chi connectivity index (χ0) is 21.3. The molecule has 0 aliphatic rings. The molecule has 0 fully saturated rings. The van der Waals surface area contributed by atoms with Crippen LogP contribution in [0.5, 0.6) is 5.75 Å². The van der Waals surface area contributed by atoms with Gasteiger partial charge in [-0.05, 0) is 24.6 Å². The van der Waals surface area contributed by atoms with E-state index < -0.39 is 5.97 Å². The highest BCUT2D eigenvalue weighted by molar-refractivity contribution is 5.93. The number of hydrogen-bond donors (Lipinski definition) is 0. The molecule has 30 heavy (non-hydrogen) atoms. The van der Waals surface area contributed by atoms with Crippen molar-refractivity contribution in [1.29, 1.82) is 5.26 Å². The highest BCUT2D eigenvalue weighted by atomic mass is 16.7. The van der Waals surface area contributed by atoms with Crippen molar-refractivity contribution in [2.75, 3.05) is 20.5 Å². The molecule has 3 rings (SSSR count). The molecule has 0 amide bonds. The van der Waals surface area contributed by atoms with E-state index in [4.69, 9.17) is 14.2 Å². The predicted molar refractivity (Wildman–Crippen MR) is 114 cm³/mol. The van der Waals surface area contributed by atoms with Gasteiger partial charge in [0.1, 0.15) is 17.4 Å². The topological polar surface area (TPSA) is 73.5 Å². The minimum atomic E-state index is -0.466. The van der Waals surface area contributed by atoms with Crippen LogP contribution >= 0.6 is 0 Å². The molecular weight excluding hydrogens is 380 g/mol. The first-order chi connectivity index (χ1) is 14.7. The third kappa shape index (κ3) is 4.96. The Morgan fingerprint density at radius 1 is 1.13 bits per heavy atom. The second kappa shape index (κ2) is 10.1. The van der Waals surface area contributed by atoms with E-state index in [1.807, 2.05) is 53.2 Å². The number of hydrogen-bond acceptors (Lipinski definition) is 5. The summed E-state index contributed by atoms with van der Waals surface area (Å²) in [5.41, 5.74) is 3.42. The van der Waals surface area contributed by atoms with Crippen molar-refractivity contribution >= 4 is 18.1 Å². The number of carbonyl (C=O) groups excluding carboxylic acids is 1. The van der Waals surface area contributed by atoms with Crippen molar-refractivity contribution in [2.24, 2.45) is 0 Å². The highest BCUT2D eigenvalue weighted by Gasteiger charge is 2.16. The Hall–Kier alpha value is -3.82. The van der Waals surface area contributed by atoms with Crippen LogP contribution in [0.25, 0.3) is 17.8 Å². The van der Waals surface area contributed by atoms with E-state index >= 15 is 0 Å². The van der Waals surface area contributed by atoms with Gasteiger partial charge >= 0.3 is 5.97 Å². The van der Waals surface area contributed by atoms with E-state index in [0.29, 0.717) is 16.9 Å². The minimum absolute atomic E-state index is 0.00392. The van der Waals surface area contributed by atoms with Crippen molar-refractivity contribution in [2.45, 2.75) is 6.92 Å². The molecule has 0 radical (unpaired) electrons. The van der Waals surface area contributed by atoms with Gasteiger partial charge in [-0.15, -0.1) is 0 Å². The normalized spacial score (nSPS) is 10.7. The van der Waals surface area contributed by atoms with Gasteiger partial charge in [-0.2, -0.15) is 5.26 Å². The summed E-state index contributed by atoms with van der Waals surface area (Å²) in [6.07, 6.45) is 7.46. The van der Waals surface area contributed by atoms with Gasteiger partial charge < -0.3 is 18.8 Å². The van der Waals surface area contributed by atoms with Crippen LogP contribution in [0.4, 0.5) is 0 Å². The summed E-state index contributed by atoms with van der Waals surface area (Å²) in [7, 11) is 1.50. The maximum atomic E-state index is 12.2. The minimum Gasteiger partial charge on any atom is -0.467 e. The molecule has 1 aromatic heterocycles. The molecule has 6 nitrogen and oxygen atoms in total. The second-order valence-corrected chi connectivity index (χ2v) is 6.34. The predicted octanol–water partition coefficient (Wildman–Crippen LogP) is 4.68. The van der Waals surface area contributed by atoms with Crippen LogP contribution in [0, 0.1) is 11.3 Å². The van der Waals surface area contributed by atoms with Gasteiger partial charge in [-0.25, -0.2) is 4.79 Å². The summed E-state index contributed by atoms with van der Waals surface area (Å²) < 4.78 is 17.4. The van der Waals surface area contributed by atoms with Gasteiger partial charge in [0.15, 0.2) is 6.79 Å². The number of ether oxygens (including phenoxy) is 3.